The number of anilines is 1. The van der Waals surface area contributed by atoms with Gasteiger partial charge in [-0.3, -0.25) is 14.2 Å². The molecule has 0 fully saturated rings. The molecule has 0 aliphatic rings. The first-order valence-corrected chi connectivity index (χ1v) is 7.77. The molecule has 0 saturated carbocycles. The Bertz CT molecular complexity index is 980. The number of nitrogens with one attached hydrogen (secondary N) is 1. The lowest BCUT2D eigenvalue weighted by Gasteiger charge is -2.02. The van der Waals surface area contributed by atoms with Crippen LogP contribution in [0, 0.1) is 5.82 Å². The Kier molecular flexibility index (Phi) is 4.72. The number of amides is 1. The molecule has 0 saturated heterocycles. The van der Waals surface area contributed by atoms with Crippen LogP contribution in [0.5, 0.6) is 0 Å². The molecule has 10 heteroatoms. The largest absolute Gasteiger partial charge is 0.478 e. The number of hydrogen-bond donors (Lipinski definition) is 2. The van der Waals surface area contributed by atoms with Crippen LogP contribution in [0.1, 0.15) is 26.4 Å². The van der Waals surface area contributed by atoms with Gasteiger partial charge < -0.3 is 10.4 Å². The number of aromatic carboxylic acids is 1. The highest BCUT2D eigenvalue weighted by Crippen LogP contribution is 2.21. The summed E-state index contributed by atoms with van der Waals surface area (Å²) < 4.78 is 15.7. The molecule has 1 aromatic carbocycles. The van der Waals surface area contributed by atoms with E-state index in [1.807, 2.05) is 0 Å². The molecule has 0 bridgehead atoms. The zero-order valence-electron chi connectivity index (χ0n) is 13.5. The molecule has 3 rings (SSSR count). The summed E-state index contributed by atoms with van der Waals surface area (Å²) in [5.74, 6) is -2.28. The molecule has 0 aliphatic heterocycles. The van der Waals surface area contributed by atoms with Crippen LogP contribution in [0.4, 0.5) is 10.2 Å². The number of carboxylic acids is 1. The second kappa shape index (κ2) is 6.96. The van der Waals surface area contributed by atoms with Gasteiger partial charge in [0, 0.05) is 19.4 Å². The Morgan fingerprint density at radius 2 is 1.92 bits per heavy atom. The fourth-order valence-corrected chi connectivity index (χ4v) is 2.52. The van der Waals surface area contributed by atoms with Crippen molar-refractivity contribution in [3.63, 3.8) is 0 Å². The van der Waals surface area contributed by atoms with Crippen molar-refractivity contribution >= 4 is 29.3 Å². The number of halogens is 2. The second-order valence-corrected chi connectivity index (χ2v) is 5.88. The average molecular weight is 378 g/mol. The van der Waals surface area contributed by atoms with Crippen LogP contribution in [-0.4, -0.2) is 36.5 Å². The first-order chi connectivity index (χ1) is 12.3. The number of hydrogen-bond acceptors (Lipinski definition) is 4. The number of carboxylic acid groups (broad SMARTS) is 1. The SMILES string of the molecule is Cn1cc(C(=O)O)c(C(=O)Nc2nn(Cc3ccc(F)cc3)cc2Cl)n1. The predicted octanol–water partition coefficient (Wildman–Crippen LogP) is 2.41. The minimum atomic E-state index is -1.27. The summed E-state index contributed by atoms with van der Waals surface area (Å²) in [6, 6.07) is 5.88. The number of benzene rings is 1. The van der Waals surface area contributed by atoms with Gasteiger partial charge in [0.15, 0.2) is 11.5 Å². The molecule has 1 amide bonds. The highest BCUT2D eigenvalue weighted by Gasteiger charge is 2.22. The maximum absolute atomic E-state index is 12.9. The van der Waals surface area contributed by atoms with Gasteiger partial charge in [0.05, 0.1) is 6.54 Å². The number of carbonyl (C=O) groups is 2. The van der Waals surface area contributed by atoms with Crippen LogP contribution in [-0.2, 0) is 13.6 Å². The molecule has 134 valence electrons. The molecule has 2 aromatic heterocycles. The van der Waals surface area contributed by atoms with E-state index in [4.69, 9.17) is 16.7 Å². The zero-order chi connectivity index (χ0) is 18.8. The summed E-state index contributed by atoms with van der Waals surface area (Å²) in [4.78, 5) is 23.5. The molecule has 2 N–H and O–H groups in total. The van der Waals surface area contributed by atoms with Crippen molar-refractivity contribution in [3.05, 3.63) is 64.3 Å². The molecule has 0 unspecified atom stereocenters. The smallest absolute Gasteiger partial charge is 0.339 e. The average Bonchev–Trinajstić information content (AvgIpc) is 3.13. The van der Waals surface area contributed by atoms with Gasteiger partial charge >= 0.3 is 5.97 Å². The van der Waals surface area contributed by atoms with Gasteiger partial charge in [0.25, 0.3) is 5.91 Å². The van der Waals surface area contributed by atoms with Gasteiger partial charge in [-0.25, -0.2) is 9.18 Å². The van der Waals surface area contributed by atoms with E-state index < -0.39 is 11.9 Å². The van der Waals surface area contributed by atoms with Gasteiger partial charge in [-0.1, -0.05) is 23.7 Å². The number of carbonyl (C=O) groups excluding carboxylic acids is 1. The summed E-state index contributed by atoms with van der Waals surface area (Å²) in [6.45, 7) is 0.319. The fourth-order valence-electron chi connectivity index (χ4n) is 2.32. The molecular formula is C16H13ClFN5O3. The topological polar surface area (TPSA) is 102 Å². The van der Waals surface area contributed by atoms with Crippen LogP contribution in [0.3, 0.4) is 0 Å². The minimum absolute atomic E-state index is 0.0702. The van der Waals surface area contributed by atoms with E-state index in [0.29, 0.717) is 6.54 Å². The van der Waals surface area contributed by atoms with Gasteiger partial charge in [-0.15, -0.1) is 0 Å². The van der Waals surface area contributed by atoms with Crippen molar-refractivity contribution in [1.29, 1.82) is 0 Å². The van der Waals surface area contributed by atoms with E-state index in [1.165, 1.54) is 40.9 Å². The monoisotopic (exact) mass is 377 g/mol. The predicted molar refractivity (Wildman–Crippen MR) is 90.9 cm³/mol. The standard InChI is InChI=1S/C16H13ClFN5O3/c1-22-7-11(16(25)26)13(20-22)15(24)19-14-12(17)8-23(21-14)6-9-2-4-10(18)5-3-9/h2-5,7-8H,6H2,1H3,(H,25,26)(H,19,21,24). The third-order valence-corrected chi connectivity index (χ3v) is 3.76. The van der Waals surface area contributed by atoms with Gasteiger partial charge in [0.1, 0.15) is 16.4 Å². The van der Waals surface area contributed by atoms with E-state index in [1.54, 1.807) is 12.1 Å². The minimum Gasteiger partial charge on any atom is -0.478 e. The van der Waals surface area contributed by atoms with Crippen LogP contribution < -0.4 is 5.32 Å². The Morgan fingerprint density at radius 3 is 2.58 bits per heavy atom. The van der Waals surface area contributed by atoms with Crippen LogP contribution in [0.15, 0.2) is 36.7 Å². The van der Waals surface area contributed by atoms with Crippen molar-refractivity contribution in [3.8, 4) is 0 Å². The lowest BCUT2D eigenvalue weighted by molar-refractivity contribution is 0.0692. The molecule has 0 radical (unpaired) electrons. The van der Waals surface area contributed by atoms with Crippen LogP contribution >= 0.6 is 11.6 Å². The zero-order valence-corrected chi connectivity index (χ0v) is 14.2. The lowest BCUT2D eigenvalue weighted by Crippen LogP contribution is -2.17. The summed E-state index contributed by atoms with van der Waals surface area (Å²) in [7, 11) is 1.51. The third kappa shape index (κ3) is 3.72. The summed E-state index contributed by atoms with van der Waals surface area (Å²) in [6.07, 6.45) is 2.73. The highest BCUT2D eigenvalue weighted by molar-refractivity contribution is 6.33. The second-order valence-electron chi connectivity index (χ2n) is 5.47. The van der Waals surface area contributed by atoms with E-state index in [2.05, 4.69) is 15.5 Å². The first-order valence-electron chi connectivity index (χ1n) is 7.39. The quantitative estimate of drug-likeness (QED) is 0.710. The Labute approximate surface area is 151 Å². The van der Waals surface area contributed by atoms with E-state index in [0.717, 1.165) is 5.56 Å². The fraction of sp³-hybridized carbons (Fsp3) is 0.125. The molecule has 0 aliphatic carbocycles. The van der Waals surface area contributed by atoms with Crippen molar-refractivity contribution in [2.75, 3.05) is 5.32 Å². The van der Waals surface area contributed by atoms with Crippen molar-refractivity contribution < 1.29 is 19.1 Å². The molecule has 2 heterocycles. The van der Waals surface area contributed by atoms with Crippen molar-refractivity contribution in [2.45, 2.75) is 6.54 Å². The molecular weight excluding hydrogens is 365 g/mol. The van der Waals surface area contributed by atoms with E-state index >= 15 is 0 Å². The number of aromatic nitrogens is 4. The normalized spacial score (nSPS) is 10.7. The molecule has 8 nitrogen and oxygen atoms in total. The van der Waals surface area contributed by atoms with E-state index in [9.17, 15) is 14.0 Å². The molecule has 0 atom stereocenters. The summed E-state index contributed by atoms with van der Waals surface area (Å²) in [5.41, 5.74) is 0.317. The van der Waals surface area contributed by atoms with Gasteiger partial charge in [-0.2, -0.15) is 10.2 Å². The molecule has 26 heavy (non-hydrogen) atoms. The van der Waals surface area contributed by atoms with E-state index in [-0.39, 0.29) is 27.9 Å². The maximum atomic E-state index is 12.9. The molecule has 0 spiro atoms. The lowest BCUT2D eigenvalue weighted by atomic mass is 10.2. The number of nitrogens with zero attached hydrogens (tertiary/aromatic N) is 4. The van der Waals surface area contributed by atoms with Crippen molar-refractivity contribution in [1.82, 2.24) is 19.6 Å². The number of aryl methyl sites for hydroxylation is 1. The summed E-state index contributed by atoms with van der Waals surface area (Å²) >= 11 is 6.08. The third-order valence-electron chi connectivity index (χ3n) is 3.48. The Balaban J connectivity index is 1.78. The summed E-state index contributed by atoms with van der Waals surface area (Å²) in [5, 5.41) is 19.8. The highest BCUT2D eigenvalue weighted by atomic mass is 35.5. The van der Waals surface area contributed by atoms with Crippen LogP contribution in [0.25, 0.3) is 0 Å². The van der Waals surface area contributed by atoms with Crippen molar-refractivity contribution in [2.24, 2.45) is 7.05 Å². The maximum Gasteiger partial charge on any atom is 0.339 e. The first kappa shape index (κ1) is 17.6. The Hall–Kier alpha value is -3.20. The van der Waals surface area contributed by atoms with Gasteiger partial charge in [-0.05, 0) is 17.7 Å². The van der Waals surface area contributed by atoms with Gasteiger partial charge in [0.2, 0.25) is 0 Å². The van der Waals surface area contributed by atoms with Crippen LogP contribution in [0.2, 0.25) is 5.02 Å². The molecule has 3 aromatic rings. The Morgan fingerprint density at radius 1 is 1.23 bits per heavy atom. The number of rotatable bonds is 5.